The third-order valence-corrected chi connectivity index (χ3v) is 7.44. The number of guanidine groups is 1. The number of rotatable bonds is 6. The predicted molar refractivity (Wildman–Crippen MR) is 127 cm³/mol. The fourth-order valence-corrected chi connectivity index (χ4v) is 5.51. The number of fused-ring (bicyclic) bond motifs is 1. The lowest BCUT2D eigenvalue weighted by Crippen LogP contribution is -2.52. The molecule has 3 heterocycles. The third kappa shape index (κ3) is 5.62. The van der Waals surface area contributed by atoms with Crippen molar-refractivity contribution in [2.45, 2.75) is 51.4 Å². The Morgan fingerprint density at radius 2 is 2.07 bits per heavy atom. The number of nitrogens with zero attached hydrogens (tertiary/aromatic N) is 3. The summed E-state index contributed by atoms with van der Waals surface area (Å²) in [6, 6.07) is 14.1. The SMILES string of the molecule is CN=C(NCCN1CCc2sccc2C1)NC1CCN(Cc2ccccc2)C(C)C1. The fraction of sp³-hybridized carbons (Fsp3) is 0.542. The van der Waals surface area contributed by atoms with Crippen molar-refractivity contribution in [2.75, 3.05) is 33.2 Å². The molecule has 162 valence electrons. The van der Waals surface area contributed by atoms with Gasteiger partial charge >= 0.3 is 0 Å². The zero-order chi connectivity index (χ0) is 20.8. The molecule has 0 aliphatic carbocycles. The van der Waals surface area contributed by atoms with Crippen molar-refractivity contribution in [3.8, 4) is 0 Å². The Balaban J connectivity index is 1.18. The van der Waals surface area contributed by atoms with Crippen LogP contribution < -0.4 is 10.6 Å². The van der Waals surface area contributed by atoms with E-state index < -0.39 is 0 Å². The monoisotopic (exact) mass is 425 g/mol. The first-order valence-corrected chi connectivity index (χ1v) is 12.1. The van der Waals surface area contributed by atoms with E-state index >= 15 is 0 Å². The van der Waals surface area contributed by atoms with Gasteiger partial charge in [-0.05, 0) is 48.8 Å². The fourth-order valence-electron chi connectivity index (χ4n) is 4.62. The van der Waals surface area contributed by atoms with E-state index in [9.17, 15) is 0 Å². The lowest BCUT2D eigenvalue weighted by atomic mass is 9.97. The Morgan fingerprint density at radius 3 is 2.87 bits per heavy atom. The second-order valence-corrected chi connectivity index (χ2v) is 9.57. The first-order chi connectivity index (χ1) is 14.7. The van der Waals surface area contributed by atoms with E-state index in [2.05, 4.69) is 74.1 Å². The van der Waals surface area contributed by atoms with Gasteiger partial charge in [-0.3, -0.25) is 14.8 Å². The van der Waals surface area contributed by atoms with Gasteiger partial charge in [-0.25, -0.2) is 0 Å². The molecule has 2 atom stereocenters. The van der Waals surface area contributed by atoms with Gasteiger partial charge in [-0.15, -0.1) is 11.3 Å². The Labute approximate surface area is 185 Å². The number of piperidine rings is 1. The maximum absolute atomic E-state index is 4.47. The van der Waals surface area contributed by atoms with Gasteiger partial charge in [0.15, 0.2) is 5.96 Å². The molecule has 2 aliphatic heterocycles. The van der Waals surface area contributed by atoms with E-state index in [1.807, 2.05) is 18.4 Å². The maximum atomic E-state index is 4.47. The van der Waals surface area contributed by atoms with Crippen LogP contribution in [0.1, 0.15) is 35.8 Å². The summed E-state index contributed by atoms with van der Waals surface area (Å²) in [4.78, 5) is 11.2. The van der Waals surface area contributed by atoms with Crippen molar-refractivity contribution in [1.29, 1.82) is 0 Å². The van der Waals surface area contributed by atoms with Crippen molar-refractivity contribution in [1.82, 2.24) is 20.4 Å². The Hall–Kier alpha value is -1.89. The number of likely N-dealkylation sites (tertiary alicyclic amines) is 1. The van der Waals surface area contributed by atoms with E-state index in [4.69, 9.17) is 0 Å². The summed E-state index contributed by atoms with van der Waals surface area (Å²) >= 11 is 1.90. The number of thiophene rings is 1. The molecule has 2 aliphatic rings. The minimum absolute atomic E-state index is 0.488. The molecule has 6 heteroatoms. The summed E-state index contributed by atoms with van der Waals surface area (Å²) in [7, 11) is 1.88. The molecule has 0 radical (unpaired) electrons. The predicted octanol–water partition coefficient (Wildman–Crippen LogP) is 3.32. The molecule has 1 fully saturated rings. The van der Waals surface area contributed by atoms with Crippen LogP contribution in [0.25, 0.3) is 0 Å². The van der Waals surface area contributed by atoms with E-state index in [1.54, 1.807) is 4.88 Å². The molecule has 0 spiro atoms. The molecule has 5 nitrogen and oxygen atoms in total. The van der Waals surface area contributed by atoms with Gasteiger partial charge in [0.25, 0.3) is 0 Å². The van der Waals surface area contributed by atoms with Crippen LogP contribution in [-0.4, -0.2) is 61.1 Å². The molecule has 4 rings (SSSR count). The van der Waals surface area contributed by atoms with Crippen LogP contribution in [0.15, 0.2) is 46.8 Å². The van der Waals surface area contributed by atoms with Crippen LogP contribution >= 0.6 is 11.3 Å². The lowest BCUT2D eigenvalue weighted by Gasteiger charge is -2.38. The summed E-state index contributed by atoms with van der Waals surface area (Å²) < 4.78 is 0. The van der Waals surface area contributed by atoms with Gasteiger partial charge < -0.3 is 10.6 Å². The second-order valence-electron chi connectivity index (χ2n) is 8.56. The first kappa shape index (κ1) is 21.3. The summed E-state index contributed by atoms with van der Waals surface area (Å²) in [5.41, 5.74) is 2.92. The number of hydrogen-bond donors (Lipinski definition) is 2. The standard InChI is InChI=1S/C24H35N5S/c1-19-16-22(8-13-29(19)17-20-6-4-3-5-7-20)27-24(25-2)26-11-14-28-12-9-23-21(18-28)10-15-30-23/h3-7,10,15,19,22H,8-9,11-14,16-18H2,1-2H3,(H2,25,26,27). The average Bonchev–Trinajstić information content (AvgIpc) is 3.23. The van der Waals surface area contributed by atoms with Crippen molar-refractivity contribution >= 4 is 17.3 Å². The summed E-state index contributed by atoms with van der Waals surface area (Å²) in [5, 5.41) is 9.43. The van der Waals surface area contributed by atoms with Gasteiger partial charge in [-0.1, -0.05) is 30.3 Å². The normalized spacial score (nSPS) is 23.2. The highest BCUT2D eigenvalue weighted by Crippen LogP contribution is 2.23. The summed E-state index contributed by atoms with van der Waals surface area (Å²) in [6.07, 6.45) is 3.50. The average molecular weight is 426 g/mol. The minimum Gasteiger partial charge on any atom is -0.355 e. The number of hydrogen-bond acceptors (Lipinski definition) is 4. The van der Waals surface area contributed by atoms with Gasteiger partial charge in [0.05, 0.1) is 0 Å². The molecule has 0 bridgehead atoms. The van der Waals surface area contributed by atoms with Crippen LogP contribution in [0.5, 0.6) is 0 Å². The molecule has 1 saturated heterocycles. The molecule has 0 saturated carbocycles. The van der Waals surface area contributed by atoms with Gasteiger partial charge in [0.1, 0.15) is 0 Å². The third-order valence-electron chi connectivity index (χ3n) is 6.41. The highest BCUT2D eigenvalue weighted by Gasteiger charge is 2.26. The van der Waals surface area contributed by atoms with Gasteiger partial charge in [0, 0.05) is 63.3 Å². The van der Waals surface area contributed by atoms with Crippen LogP contribution in [0.2, 0.25) is 0 Å². The maximum Gasteiger partial charge on any atom is 0.191 e. The largest absolute Gasteiger partial charge is 0.355 e. The Kier molecular flexibility index (Phi) is 7.42. The van der Waals surface area contributed by atoms with Crippen LogP contribution in [-0.2, 0) is 19.5 Å². The summed E-state index contributed by atoms with van der Waals surface area (Å²) in [5.74, 6) is 0.942. The number of benzene rings is 1. The van der Waals surface area contributed by atoms with E-state index in [-0.39, 0.29) is 0 Å². The van der Waals surface area contributed by atoms with E-state index in [1.165, 1.54) is 24.1 Å². The summed E-state index contributed by atoms with van der Waals surface area (Å²) in [6.45, 7) is 8.76. The quantitative estimate of drug-likeness (QED) is 0.550. The second kappa shape index (κ2) is 10.4. The number of nitrogens with one attached hydrogen (secondary N) is 2. The van der Waals surface area contributed by atoms with Gasteiger partial charge in [-0.2, -0.15) is 0 Å². The molecule has 0 amide bonds. The molecule has 2 unspecified atom stereocenters. The van der Waals surface area contributed by atoms with E-state index in [0.717, 1.165) is 51.5 Å². The molecular weight excluding hydrogens is 390 g/mol. The van der Waals surface area contributed by atoms with Crippen molar-refractivity contribution < 1.29 is 0 Å². The topological polar surface area (TPSA) is 42.9 Å². The number of aliphatic imine (C=N–C) groups is 1. The Bertz CT molecular complexity index is 818. The molecule has 1 aromatic heterocycles. The first-order valence-electron chi connectivity index (χ1n) is 11.2. The molecule has 30 heavy (non-hydrogen) atoms. The van der Waals surface area contributed by atoms with E-state index in [0.29, 0.717) is 12.1 Å². The minimum atomic E-state index is 0.488. The van der Waals surface area contributed by atoms with Gasteiger partial charge in [0.2, 0.25) is 0 Å². The van der Waals surface area contributed by atoms with Crippen molar-refractivity contribution in [3.63, 3.8) is 0 Å². The van der Waals surface area contributed by atoms with Crippen LogP contribution in [0, 0.1) is 0 Å². The Morgan fingerprint density at radius 1 is 1.20 bits per heavy atom. The lowest BCUT2D eigenvalue weighted by molar-refractivity contribution is 0.134. The molecule has 1 aromatic carbocycles. The highest BCUT2D eigenvalue weighted by molar-refractivity contribution is 7.10. The zero-order valence-corrected chi connectivity index (χ0v) is 19.1. The molecule has 2 N–H and O–H groups in total. The zero-order valence-electron chi connectivity index (χ0n) is 18.3. The molecular formula is C24H35N5S. The van der Waals surface area contributed by atoms with Crippen molar-refractivity contribution in [2.24, 2.45) is 4.99 Å². The van der Waals surface area contributed by atoms with Crippen LogP contribution in [0.4, 0.5) is 0 Å². The van der Waals surface area contributed by atoms with Crippen molar-refractivity contribution in [3.05, 3.63) is 57.8 Å². The highest BCUT2D eigenvalue weighted by atomic mass is 32.1. The molecule has 2 aromatic rings. The van der Waals surface area contributed by atoms with Crippen LogP contribution in [0.3, 0.4) is 0 Å². The smallest absolute Gasteiger partial charge is 0.191 e.